The average Bonchev–Trinajstić information content (AvgIpc) is 2.83. The summed E-state index contributed by atoms with van der Waals surface area (Å²) in [5.74, 6) is 0.838. The Morgan fingerprint density at radius 1 is 1.20 bits per heavy atom. The molecule has 7 heteroatoms. The monoisotopic (exact) mass is 376 g/mol. The molecule has 2 aromatic rings. The van der Waals surface area contributed by atoms with Crippen molar-refractivity contribution in [3.8, 4) is 0 Å². The second-order valence-electron chi connectivity index (χ2n) is 5.81. The van der Waals surface area contributed by atoms with E-state index < -0.39 is 10.0 Å². The molecule has 0 aromatic heterocycles. The van der Waals surface area contributed by atoms with Crippen molar-refractivity contribution in [3.05, 3.63) is 54.1 Å². The van der Waals surface area contributed by atoms with Crippen LogP contribution in [0.15, 0.2) is 58.3 Å². The number of hydrogen-bond donors (Lipinski definition) is 1. The van der Waals surface area contributed by atoms with Gasteiger partial charge in [-0.25, -0.2) is 13.1 Å². The summed E-state index contributed by atoms with van der Waals surface area (Å²) in [6, 6.07) is 14.4. The van der Waals surface area contributed by atoms with Crippen molar-refractivity contribution in [1.82, 2.24) is 4.72 Å². The first kappa shape index (κ1) is 18.0. The van der Waals surface area contributed by atoms with Gasteiger partial charge in [0, 0.05) is 24.9 Å². The Kier molecular flexibility index (Phi) is 5.46. The molecule has 0 radical (unpaired) electrons. The van der Waals surface area contributed by atoms with E-state index in [1.807, 2.05) is 30.3 Å². The highest BCUT2D eigenvalue weighted by atomic mass is 32.2. The quantitative estimate of drug-likeness (QED) is 0.891. The predicted molar refractivity (Wildman–Crippen MR) is 100 cm³/mol. The number of hydrogen-bond acceptors (Lipinski definition) is 4. The van der Waals surface area contributed by atoms with E-state index >= 15 is 0 Å². The van der Waals surface area contributed by atoms with Crippen molar-refractivity contribution in [3.63, 3.8) is 0 Å². The fourth-order valence-corrected chi connectivity index (χ4v) is 4.72. The van der Waals surface area contributed by atoms with Crippen LogP contribution in [-0.2, 0) is 21.4 Å². The van der Waals surface area contributed by atoms with Crippen LogP contribution in [0.2, 0.25) is 0 Å². The molecule has 0 spiro atoms. The third kappa shape index (κ3) is 4.23. The standard InChI is InChI=1S/C18H20N2O3S2/c1-14(21)20-10-5-11-24-18-9-8-16(12-17(18)20)25(22,23)19-13-15-6-3-2-4-7-15/h2-4,6-9,12,19H,5,10-11,13H2,1H3. The maximum atomic E-state index is 12.6. The molecular formula is C18H20N2O3S2. The van der Waals surface area contributed by atoms with Crippen molar-refractivity contribution in [1.29, 1.82) is 0 Å². The number of thioether (sulfide) groups is 1. The summed E-state index contributed by atoms with van der Waals surface area (Å²) in [6.45, 7) is 2.34. The molecule has 3 rings (SSSR count). The van der Waals surface area contributed by atoms with Gasteiger partial charge in [-0.15, -0.1) is 11.8 Å². The summed E-state index contributed by atoms with van der Waals surface area (Å²) in [7, 11) is -3.65. The number of carbonyl (C=O) groups is 1. The zero-order valence-corrected chi connectivity index (χ0v) is 15.6. The van der Waals surface area contributed by atoms with E-state index in [1.54, 1.807) is 34.9 Å². The molecule has 1 aliphatic heterocycles. The van der Waals surface area contributed by atoms with Crippen LogP contribution in [0.4, 0.5) is 5.69 Å². The third-order valence-corrected chi connectivity index (χ3v) is 6.55. The van der Waals surface area contributed by atoms with Gasteiger partial charge in [0.15, 0.2) is 0 Å². The number of carbonyl (C=O) groups excluding carboxylic acids is 1. The van der Waals surface area contributed by atoms with Crippen molar-refractivity contribution in [2.75, 3.05) is 17.2 Å². The average molecular weight is 377 g/mol. The molecule has 25 heavy (non-hydrogen) atoms. The lowest BCUT2D eigenvalue weighted by molar-refractivity contribution is -0.116. The van der Waals surface area contributed by atoms with Crippen molar-refractivity contribution in [2.45, 2.75) is 29.7 Å². The third-order valence-electron chi connectivity index (χ3n) is 4.00. The molecule has 2 aromatic carbocycles. The lowest BCUT2D eigenvalue weighted by atomic mass is 10.2. The molecule has 1 aliphatic rings. The Hall–Kier alpha value is -1.83. The maximum absolute atomic E-state index is 12.6. The van der Waals surface area contributed by atoms with Gasteiger partial charge in [-0.1, -0.05) is 30.3 Å². The molecule has 1 N–H and O–H groups in total. The van der Waals surface area contributed by atoms with Crippen LogP contribution in [0.3, 0.4) is 0 Å². The molecule has 0 atom stereocenters. The van der Waals surface area contributed by atoms with E-state index in [4.69, 9.17) is 0 Å². The minimum absolute atomic E-state index is 0.0736. The topological polar surface area (TPSA) is 66.5 Å². The first-order chi connectivity index (χ1) is 12.0. The highest BCUT2D eigenvalue weighted by Crippen LogP contribution is 2.35. The number of fused-ring (bicyclic) bond motifs is 1. The van der Waals surface area contributed by atoms with Crippen molar-refractivity contribution < 1.29 is 13.2 Å². The molecule has 0 saturated heterocycles. The van der Waals surface area contributed by atoms with Gasteiger partial charge < -0.3 is 4.90 Å². The van der Waals surface area contributed by atoms with Crippen LogP contribution in [0.5, 0.6) is 0 Å². The van der Waals surface area contributed by atoms with E-state index in [2.05, 4.69) is 4.72 Å². The number of benzene rings is 2. The Balaban J connectivity index is 1.88. The zero-order chi connectivity index (χ0) is 17.9. The van der Waals surface area contributed by atoms with Gasteiger partial charge in [0.2, 0.25) is 15.9 Å². The van der Waals surface area contributed by atoms with E-state index in [-0.39, 0.29) is 17.3 Å². The van der Waals surface area contributed by atoms with Gasteiger partial charge in [0.05, 0.1) is 10.6 Å². The van der Waals surface area contributed by atoms with Gasteiger partial charge in [-0.05, 0) is 35.9 Å². The number of rotatable bonds is 4. The fourth-order valence-electron chi connectivity index (χ4n) is 2.71. The van der Waals surface area contributed by atoms with Crippen LogP contribution in [0.25, 0.3) is 0 Å². The molecular weight excluding hydrogens is 356 g/mol. The highest BCUT2D eigenvalue weighted by Gasteiger charge is 2.22. The van der Waals surface area contributed by atoms with Crippen LogP contribution < -0.4 is 9.62 Å². The second kappa shape index (κ2) is 7.59. The maximum Gasteiger partial charge on any atom is 0.240 e. The lowest BCUT2D eigenvalue weighted by Crippen LogP contribution is -2.30. The van der Waals surface area contributed by atoms with Crippen LogP contribution in [0, 0.1) is 0 Å². The zero-order valence-electron chi connectivity index (χ0n) is 13.9. The van der Waals surface area contributed by atoms with E-state index in [0.29, 0.717) is 12.2 Å². The molecule has 0 fully saturated rings. The fraction of sp³-hybridized carbons (Fsp3) is 0.278. The lowest BCUT2D eigenvalue weighted by Gasteiger charge is -2.21. The molecule has 1 amide bonds. The molecule has 0 bridgehead atoms. The van der Waals surface area contributed by atoms with Crippen LogP contribution >= 0.6 is 11.8 Å². The summed E-state index contributed by atoms with van der Waals surface area (Å²) in [4.78, 5) is 14.7. The Bertz CT molecular complexity index is 867. The Morgan fingerprint density at radius 2 is 1.96 bits per heavy atom. The number of nitrogens with one attached hydrogen (secondary N) is 1. The summed E-state index contributed by atoms with van der Waals surface area (Å²) >= 11 is 1.65. The predicted octanol–water partition coefficient (Wildman–Crippen LogP) is 3.01. The van der Waals surface area contributed by atoms with Gasteiger partial charge in [0.1, 0.15) is 0 Å². The molecule has 0 saturated carbocycles. The van der Waals surface area contributed by atoms with Crippen molar-refractivity contribution in [2.24, 2.45) is 0 Å². The highest BCUT2D eigenvalue weighted by molar-refractivity contribution is 7.99. The van der Waals surface area contributed by atoms with E-state index in [9.17, 15) is 13.2 Å². The summed E-state index contributed by atoms with van der Waals surface area (Å²) < 4.78 is 27.9. The molecule has 132 valence electrons. The van der Waals surface area contributed by atoms with Gasteiger partial charge >= 0.3 is 0 Å². The minimum atomic E-state index is -3.65. The van der Waals surface area contributed by atoms with Gasteiger partial charge in [-0.3, -0.25) is 4.79 Å². The smallest absolute Gasteiger partial charge is 0.240 e. The molecule has 0 aliphatic carbocycles. The first-order valence-corrected chi connectivity index (χ1v) is 10.5. The number of amides is 1. The number of sulfonamides is 1. The summed E-state index contributed by atoms with van der Waals surface area (Å²) in [5, 5.41) is 0. The summed E-state index contributed by atoms with van der Waals surface area (Å²) in [6.07, 6.45) is 0.882. The molecule has 1 heterocycles. The van der Waals surface area contributed by atoms with E-state index in [0.717, 1.165) is 22.6 Å². The summed E-state index contributed by atoms with van der Waals surface area (Å²) in [5.41, 5.74) is 1.57. The SMILES string of the molecule is CC(=O)N1CCCSc2ccc(S(=O)(=O)NCc3ccccc3)cc21. The van der Waals surface area contributed by atoms with E-state index in [1.165, 1.54) is 6.92 Å². The van der Waals surface area contributed by atoms with Crippen LogP contribution in [0.1, 0.15) is 18.9 Å². The largest absolute Gasteiger partial charge is 0.311 e. The second-order valence-corrected chi connectivity index (χ2v) is 8.72. The Labute approximate surface area is 152 Å². The Morgan fingerprint density at radius 3 is 2.68 bits per heavy atom. The van der Waals surface area contributed by atoms with Crippen molar-refractivity contribution >= 4 is 33.4 Å². The van der Waals surface area contributed by atoms with Gasteiger partial charge in [-0.2, -0.15) is 0 Å². The molecule has 5 nitrogen and oxygen atoms in total. The molecule has 0 unspecified atom stereocenters. The minimum Gasteiger partial charge on any atom is -0.311 e. The normalized spacial score (nSPS) is 14.7. The number of nitrogens with zero attached hydrogens (tertiary/aromatic N) is 1. The van der Waals surface area contributed by atoms with Crippen LogP contribution in [-0.4, -0.2) is 26.6 Å². The first-order valence-electron chi connectivity index (χ1n) is 8.06. The van der Waals surface area contributed by atoms with Gasteiger partial charge in [0.25, 0.3) is 0 Å². The number of anilines is 1.